The van der Waals surface area contributed by atoms with Crippen molar-refractivity contribution in [2.75, 3.05) is 17.2 Å². The Morgan fingerprint density at radius 2 is 1.88 bits per heavy atom. The van der Waals surface area contributed by atoms with Crippen LogP contribution in [0, 0.1) is 0 Å². The fourth-order valence-corrected chi connectivity index (χ4v) is 4.02. The zero-order chi connectivity index (χ0) is 18.4. The quantitative estimate of drug-likeness (QED) is 0.293. The molecule has 0 bridgehead atoms. The predicted octanol–water partition coefficient (Wildman–Crippen LogP) is -2.62. The number of hydrogen-bond acceptors (Lipinski definition) is 5. The van der Waals surface area contributed by atoms with Crippen LogP contribution in [0.2, 0.25) is 0 Å². The number of nitrogens with zero attached hydrogens (tertiary/aromatic N) is 2. The summed E-state index contributed by atoms with van der Waals surface area (Å²) in [7, 11) is -4.61. The summed E-state index contributed by atoms with van der Waals surface area (Å²) in [5.74, 6) is -1.08. The molecule has 2 aliphatic heterocycles. The molecule has 136 valence electrons. The minimum Gasteiger partial charge on any atom is -1.00 e. The Morgan fingerprint density at radius 3 is 2.46 bits per heavy atom. The average Bonchev–Trinajstić information content (AvgIpc) is 2.84. The summed E-state index contributed by atoms with van der Waals surface area (Å²) in [4.78, 5) is 36.6. The first-order chi connectivity index (χ1) is 11.7. The molecular formula is C14H17N4NaO6S. The molecule has 2 aliphatic rings. The number of carbonyl (C=O) groups excluding carboxylic acids is 3. The molecule has 2 fully saturated rings. The van der Waals surface area contributed by atoms with Crippen LogP contribution in [0.1, 0.15) is 14.8 Å². The van der Waals surface area contributed by atoms with Gasteiger partial charge in [-0.1, -0.05) is 6.07 Å². The summed E-state index contributed by atoms with van der Waals surface area (Å²) in [5, 5.41) is 5.19. The third-order valence-corrected chi connectivity index (χ3v) is 5.03. The molecular weight excluding hydrogens is 375 g/mol. The molecule has 12 heteroatoms. The van der Waals surface area contributed by atoms with Crippen LogP contribution >= 0.6 is 0 Å². The molecule has 2 heterocycles. The van der Waals surface area contributed by atoms with Gasteiger partial charge in [0.05, 0.1) is 6.04 Å². The smallest absolute Gasteiger partial charge is 1.00 e. The van der Waals surface area contributed by atoms with Crippen LogP contribution in [-0.4, -0.2) is 58.6 Å². The van der Waals surface area contributed by atoms with Crippen molar-refractivity contribution in [3.8, 4) is 0 Å². The molecule has 26 heavy (non-hydrogen) atoms. The maximum absolute atomic E-state index is 12.4. The van der Waals surface area contributed by atoms with Crippen LogP contribution in [-0.2, 0) is 19.9 Å². The zero-order valence-corrected chi connectivity index (χ0v) is 17.0. The minimum absolute atomic E-state index is 0. The van der Waals surface area contributed by atoms with E-state index < -0.39 is 34.3 Å². The van der Waals surface area contributed by atoms with Gasteiger partial charge in [0.2, 0.25) is 5.91 Å². The first kappa shape index (κ1) is 20.6. The summed E-state index contributed by atoms with van der Waals surface area (Å²) in [6.45, 7) is 1.54. The normalized spacial score (nSPS) is 21.4. The van der Waals surface area contributed by atoms with Gasteiger partial charge in [-0.25, -0.2) is 9.10 Å². The van der Waals surface area contributed by atoms with Gasteiger partial charge < -0.3 is 17.0 Å². The number of benzene rings is 1. The molecule has 3 rings (SSSR count). The fraction of sp³-hybridized carbons (Fsp3) is 0.357. The summed E-state index contributed by atoms with van der Waals surface area (Å²) >= 11 is 0. The number of urea groups is 1. The summed E-state index contributed by atoms with van der Waals surface area (Å²) < 4.78 is 31.8. The van der Waals surface area contributed by atoms with Crippen molar-refractivity contribution >= 4 is 39.5 Å². The van der Waals surface area contributed by atoms with E-state index in [9.17, 15) is 22.8 Å². The Hall–Kier alpha value is -1.66. The largest absolute Gasteiger partial charge is 1.00 e. The van der Waals surface area contributed by atoms with Crippen LogP contribution in [0.25, 0.3) is 0 Å². The molecule has 0 aromatic heterocycles. The van der Waals surface area contributed by atoms with Crippen molar-refractivity contribution in [2.24, 2.45) is 0 Å². The SMILES string of the molecule is CC(=O)Nc1cccc(NC(=O)N2CC[C@@H]3[C@H]2C(=O)N3S(=O)(=O)O)c1.[H-].[Na+]. The van der Waals surface area contributed by atoms with Crippen LogP contribution < -0.4 is 40.2 Å². The number of likely N-dealkylation sites (tertiary alicyclic amines) is 1. The topological polar surface area (TPSA) is 136 Å². The second-order valence-electron chi connectivity index (χ2n) is 5.80. The summed E-state index contributed by atoms with van der Waals surface area (Å²) in [6.07, 6.45) is 0.259. The van der Waals surface area contributed by atoms with Crippen molar-refractivity contribution in [1.29, 1.82) is 0 Å². The van der Waals surface area contributed by atoms with Gasteiger partial charge in [-0.2, -0.15) is 8.42 Å². The Kier molecular flexibility index (Phi) is 5.98. The van der Waals surface area contributed by atoms with Crippen LogP contribution in [0.15, 0.2) is 24.3 Å². The number of hydrogen-bond donors (Lipinski definition) is 3. The molecule has 0 saturated carbocycles. The molecule has 0 spiro atoms. The Bertz CT molecular complexity index is 867. The second kappa shape index (κ2) is 7.53. The molecule has 3 N–H and O–H groups in total. The van der Waals surface area contributed by atoms with Gasteiger partial charge in [0.25, 0.3) is 5.91 Å². The van der Waals surface area contributed by atoms with Crippen molar-refractivity contribution < 1.29 is 58.3 Å². The van der Waals surface area contributed by atoms with Gasteiger partial charge >= 0.3 is 45.9 Å². The van der Waals surface area contributed by atoms with E-state index in [1.165, 1.54) is 11.8 Å². The van der Waals surface area contributed by atoms with Gasteiger partial charge in [0.1, 0.15) is 6.04 Å². The molecule has 1 aromatic carbocycles. The van der Waals surface area contributed by atoms with Gasteiger partial charge in [-0.3, -0.25) is 14.1 Å². The van der Waals surface area contributed by atoms with Gasteiger partial charge in [-0.15, -0.1) is 0 Å². The first-order valence-electron chi connectivity index (χ1n) is 7.44. The number of fused-ring (bicyclic) bond motifs is 1. The van der Waals surface area contributed by atoms with E-state index in [2.05, 4.69) is 10.6 Å². The van der Waals surface area contributed by atoms with Crippen molar-refractivity contribution in [3.63, 3.8) is 0 Å². The third kappa shape index (κ3) is 3.86. The minimum atomic E-state index is -4.61. The zero-order valence-electron chi connectivity index (χ0n) is 15.2. The Balaban J connectivity index is 0.00000182. The van der Waals surface area contributed by atoms with Gasteiger partial charge in [0, 0.05) is 24.8 Å². The average molecular weight is 392 g/mol. The number of carbonyl (C=O) groups is 3. The summed E-state index contributed by atoms with van der Waals surface area (Å²) in [6, 6.07) is 4.27. The van der Waals surface area contributed by atoms with Gasteiger partial charge in [-0.05, 0) is 24.6 Å². The maximum atomic E-state index is 12.4. The van der Waals surface area contributed by atoms with E-state index in [1.54, 1.807) is 24.3 Å². The number of nitrogens with one attached hydrogen (secondary N) is 2. The van der Waals surface area contributed by atoms with Crippen molar-refractivity contribution in [2.45, 2.75) is 25.4 Å². The van der Waals surface area contributed by atoms with E-state index in [-0.39, 0.29) is 49.9 Å². The van der Waals surface area contributed by atoms with E-state index in [4.69, 9.17) is 4.55 Å². The van der Waals surface area contributed by atoms with Crippen LogP contribution in [0.5, 0.6) is 0 Å². The molecule has 0 unspecified atom stereocenters. The van der Waals surface area contributed by atoms with E-state index >= 15 is 0 Å². The molecule has 1 aromatic rings. The van der Waals surface area contributed by atoms with E-state index in [0.717, 1.165) is 0 Å². The van der Waals surface area contributed by atoms with Crippen LogP contribution in [0.3, 0.4) is 0 Å². The number of anilines is 2. The molecule has 10 nitrogen and oxygen atoms in total. The second-order valence-corrected chi connectivity index (χ2v) is 7.09. The van der Waals surface area contributed by atoms with Crippen molar-refractivity contribution in [3.05, 3.63) is 24.3 Å². The Morgan fingerprint density at radius 1 is 1.27 bits per heavy atom. The number of β-lactam (4-membered cyclic amide) rings is 1. The number of rotatable bonds is 3. The molecule has 2 saturated heterocycles. The standard InChI is InChI=1S/C14H16N4O6S.Na.H/c1-8(19)15-9-3-2-4-10(7-9)16-14(21)17-6-5-11-12(17)13(20)18(11)25(22,23)24;;/h2-4,7,11-12H,5-6H2,1H3,(H,15,19)(H,16,21)(H,22,23,24);;/q;+1;-1/t11-,12+;;/m1../s1. The molecule has 0 aliphatic carbocycles. The molecule has 4 amide bonds. The first-order valence-corrected chi connectivity index (χ1v) is 8.84. The monoisotopic (exact) mass is 392 g/mol. The third-order valence-electron chi connectivity index (χ3n) is 4.08. The van der Waals surface area contributed by atoms with Gasteiger partial charge in [0.15, 0.2) is 0 Å². The van der Waals surface area contributed by atoms with Crippen LogP contribution in [0.4, 0.5) is 16.2 Å². The van der Waals surface area contributed by atoms with E-state index in [1.807, 2.05) is 0 Å². The van der Waals surface area contributed by atoms with E-state index in [0.29, 0.717) is 15.7 Å². The Labute approximate surface area is 173 Å². The molecule has 0 radical (unpaired) electrons. The maximum Gasteiger partial charge on any atom is 1.00 e. The van der Waals surface area contributed by atoms with Crippen molar-refractivity contribution in [1.82, 2.24) is 9.21 Å². The molecule has 2 atom stereocenters. The number of amides is 4. The fourth-order valence-electron chi connectivity index (χ4n) is 3.12. The predicted molar refractivity (Wildman–Crippen MR) is 88.2 cm³/mol. The summed E-state index contributed by atoms with van der Waals surface area (Å²) in [5.41, 5.74) is 0.917.